The van der Waals surface area contributed by atoms with Crippen molar-refractivity contribution in [2.45, 2.75) is 5.16 Å². The van der Waals surface area contributed by atoms with Gasteiger partial charge in [-0.05, 0) is 24.3 Å². The number of hydrogen-bond donors (Lipinski definition) is 3. The summed E-state index contributed by atoms with van der Waals surface area (Å²) >= 11 is 7.03. The van der Waals surface area contributed by atoms with E-state index < -0.39 is 5.82 Å². The number of nitrogens with two attached hydrogens (primary N) is 1. The fourth-order valence-electron chi connectivity index (χ4n) is 2.29. The third-order valence-corrected chi connectivity index (χ3v) is 4.88. The van der Waals surface area contributed by atoms with Crippen LogP contribution >= 0.6 is 23.4 Å². The van der Waals surface area contributed by atoms with E-state index in [4.69, 9.17) is 22.2 Å². The van der Waals surface area contributed by atoms with Gasteiger partial charge < -0.3 is 15.9 Å². The van der Waals surface area contributed by atoms with E-state index in [0.717, 1.165) is 16.4 Å². The molecule has 1 aromatic heterocycles. The summed E-state index contributed by atoms with van der Waals surface area (Å²) in [5.74, 6) is 5.82. The van der Waals surface area contributed by atoms with Gasteiger partial charge in [0.15, 0.2) is 0 Å². The molecular formula is C18H17ClFN7O2S. The van der Waals surface area contributed by atoms with E-state index in [9.17, 15) is 9.18 Å². The molecule has 1 heterocycles. The highest BCUT2D eigenvalue weighted by molar-refractivity contribution is 7.99. The molecule has 0 aliphatic rings. The second kappa shape index (κ2) is 9.94. The fraction of sp³-hybridized carbons (Fsp3) is 0.111. The van der Waals surface area contributed by atoms with Crippen LogP contribution in [-0.4, -0.2) is 39.9 Å². The Morgan fingerprint density at radius 2 is 2.17 bits per heavy atom. The Hall–Kier alpha value is -3.31. The lowest BCUT2D eigenvalue weighted by atomic mass is 10.2. The molecule has 0 unspecified atom stereocenters. The van der Waals surface area contributed by atoms with Crippen molar-refractivity contribution < 1.29 is 13.9 Å². The van der Waals surface area contributed by atoms with Crippen molar-refractivity contribution in [1.82, 2.24) is 14.9 Å². The van der Waals surface area contributed by atoms with Crippen LogP contribution in [0.25, 0.3) is 0 Å². The summed E-state index contributed by atoms with van der Waals surface area (Å²) in [5.41, 5.74) is 3.33. The number of methoxy groups -OCH3 is 1. The number of nitrogens with one attached hydrogen (secondary N) is 2. The summed E-state index contributed by atoms with van der Waals surface area (Å²) in [4.78, 5) is 12.2. The van der Waals surface area contributed by atoms with Crippen molar-refractivity contribution in [2.24, 2.45) is 5.10 Å². The predicted molar refractivity (Wildman–Crippen MR) is 115 cm³/mol. The molecule has 3 rings (SSSR count). The first-order chi connectivity index (χ1) is 14.5. The summed E-state index contributed by atoms with van der Waals surface area (Å²) in [7, 11) is 1.49. The van der Waals surface area contributed by atoms with Gasteiger partial charge in [0, 0.05) is 10.6 Å². The zero-order valence-electron chi connectivity index (χ0n) is 15.7. The molecule has 0 aliphatic carbocycles. The molecule has 156 valence electrons. The minimum atomic E-state index is -0.407. The summed E-state index contributed by atoms with van der Waals surface area (Å²) in [5, 5.41) is 15.1. The first-order valence-electron chi connectivity index (χ1n) is 8.48. The van der Waals surface area contributed by atoms with E-state index in [1.807, 2.05) is 0 Å². The molecular weight excluding hydrogens is 433 g/mol. The summed E-state index contributed by atoms with van der Waals surface area (Å²) in [6, 6.07) is 11.1. The number of nitrogens with zero attached hydrogens (tertiary/aromatic N) is 4. The molecule has 0 atom stereocenters. The monoisotopic (exact) mass is 449 g/mol. The van der Waals surface area contributed by atoms with E-state index in [2.05, 4.69) is 26.0 Å². The smallest absolute Gasteiger partial charge is 0.264 e. The number of aromatic nitrogens is 3. The van der Waals surface area contributed by atoms with Gasteiger partial charge in [-0.25, -0.2) is 14.5 Å². The second-order valence-electron chi connectivity index (χ2n) is 5.75. The molecule has 1 amide bonds. The zero-order chi connectivity index (χ0) is 21.5. The zero-order valence-corrected chi connectivity index (χ0v) is 17.2. The number of nitrogen functional groups attached to an aromatic ring is 1. The molecule has 0 bridgehead atoms. The Morgan fingerprint density at radius 1 is 1.37 bits per heavy atom. The van der Waals surface area contributed by atoms with Gasteiger partial charge in [0.05, 0.1) is 24.8 Å². The van der Waals surface area contributed by atoms with Gasteiger partial charge in [0.2, 0.25) is 11.1 Å². The SMILES string of the molecule is COc1ccc(Cl)cc1NC(=O)CSc1nnc(N/N=C/c2ccccc2F)n1N. The minimum absolute atomic E-state index is 0.0174. The van der Waals surface area contributed by atoms with Gasteiger partial charge in [-0.2, -0.15) is 5.10 Å². The fourth-order valence-corrected chi connectivity index (χ4v) is 3.11. The number of carbonyl (C=O) groups excluding carboxylic acids is 1. The molecule has 2 aromatic carbocycles. The Balaban J connectivity index is 1.57. The summed E-state index contributed by atoms with van der Waals surface area (Å²) in [6.45, 7) is 0. The number of carbonyl (C=O) groups is 1. The molecule has 12 heteroatoms. The maximum Gasteiger partial charge on any atom is 0.264 e. The molecule has 0 saturated carbocycles. The lowest BCUT2D eigenvalue weighted by molar-refractivity contribution is -0.113. The van der Waals surface area contributed by atoms with E-state index in [0.29, 0.717) is 22.0 Å². The highest BCUT2D eigenvalue weighted by Gasteiger charge is 2.13. The van der Waals surface area contributed by atoms with Crippen LogP contribution in [0.15, 0.2) is 52.7 Å². The molecule has 30 heavy (non-hydrogen) atoms. The van der Waals surface area contributed by atoms with Crippen LogP contribution in [0.4, 0.5) is 16.0 Å². The van der Waals surface area contributed by atoms with Gasteiger partial charge in [-0.3, -0.25) is 4.79 Å². The Labute approximate surface area is 180 Å². The highest BCUT2D eigenvalue weighted by atomic mass is 35.5. The van der Waals surface area contributed by atoms with Gasteiger partial charge in [-0.15, -0.1) is 10.2 Å². The third kappa shape index (κ3) is 5.39. The van der Waals surface area contributed by atoms with Crippen LogP contribution < -0.4 is 21.3 Å². The van der Waals surface area contributed by atoms with Gasteiger partial charge in [-0.1, -0.05) is 41.6 Å². The molecule has 0 spiro atoms. The molecule has 0 fully saturated rings. The standard InChI is InChI=1S/C18H17ClFN7O2S/c1-29-15-7-6-12(19)8-14(15)23-16(28)10-30-18-26-25-17(27(18)21)24-22-9-11-4-2-3-5-13(11)20/h2-9H,10,21H2,1H3,(H,23,28)(H,24,25)/b22-9+. The number of halogens is 2. The Bertz CT molecular complexity index is 1080. The van der Waals surface area contributed by atoms with Gasteiger partial charge in [0.25, 0.3) is 5.95 Å². The molecule has 0 radical (unpaired) electrons. The molecule has 9 nitrogen and oxygen atoms in total. The number of benzene rings is 2. The maximum atomic E-state index is 13.6. The Kier molecular flexibility index (Phi) is 7.09. The first kappa shape index (κ1) is 21.4. The number of ether oxygens (including phenoxy) is 1. The molecule has 4 N–H and O–H groups in total. The maximum absolute atomic E-state index is 13.6. The third-order valence-electron chi connectivity index (χ3n) is 3.71. The topological polar surface area (TPSA) is 119 Å². The van der Waals surface area contributed by atoms with Crippen LogP contribution in [0.5, 0.6) is 5.75 Å². The number of anilines is 2. The van der Waals surface area contributed by atoms with Crippen molar-refractivity contribution in [2.75, 3.05) is 29.4 Å². The average molecular weight is 450 g/mol. The number of thioether (sulfide) groups is 1. The van der Waals surface area contributed by atoms with Crippen LogP contribution in [0.3, 0.4) is 0 Å². The van der Waals surface area contributed by atoms with Crippen molar-refractivity contribution in [3.8, 4) is 5.75 Å². The summed E-state index contributed by atoms with van der Waals surface area (Å²) in [6.07, 6.45) is 1.29. The van der Waals surface area contributed by atoms with Crippen LogP contribution in [0, 0.1) is 5.82 Å². The van der Waals surface area contributed by atoms with Crippen molar-refractivity contribution >= 4 is 47.1 Å². The predicted octanol–water partition coefficient (Wildman–Crippen LogP) is 2.97. The second-order valence-corrected chi connectivity index (χ2v) is 7.13. The summed E-state index contributed by atoms with van der Waals surface area (Å²) < 4.78 is 19.9. The number of hydrogen-bond acceptors (Lipinski definition) is 8. The van der Waals surface area contributed by atoms with Crippen LogP contribution in [0.2, 0.25) is 5.02 Å². The van der Waals surface area contributed by atoms with Gasteiger partial charge >= 0.3 is 0 Å². The van der Waals surface area contributed by atoms with E-state index in [1.165, 1.54) is 19.4 Å². The lowest BCUT2D eigenvalue weighted by Gasteiger charge is -2.10. The number of rotatable bonds is 8. The Morgan fingerprint density at radius 3 is 2.93 bits per heavy atom. The largest absolute Gasteiger partial charge is 0.495 e. The van der Waals surface area contributed by atoms with Crippen molar-refractivity contribution in [1.29, 1.82) is 0 Å². The van der Waals surface area contributed by atoms with Crippen LogP contribution in [-0.2, 0) is 4.79 Å². The first-order valence-corrected chi connectivity index (χ1v) is 9.84. The average Bonchev–Trinajstić information content (AvgIpc) is 3.08. The normalized spacial score (nSPS) is 10.9. The number of hydrazone groups is 1. The highest BCUT2D eigenvalue weighted by Crippen LogP contribution is 2.28. The van der Waals surface area contributed by atoms with Crippen molar-refractivity contribution in [3.63, 3.8) is 0 Å². The van der Waals surface area contributed by atoms with E-state index in [-0.39, 0.29) is 22.8 Å². The van der Waals surface area contributed by atoms with Crippen molar-refractivity contribution in [3.05, 3.63) is 58.9 Å². The quantitative estimate of drug-likeness (QED) is 0.209. The van der Waals surface area contributed by atoms with Gasteiger partial charge in [0.1, 0.15) is 11.6 Å². The molecule has 0 saturated heterocycles. The lowest BCUT2D eigenvalue weighted by Crippen LogP contribution is -2.17. The van der Waals surface area contributed by atoms with E-state index in [1.54, 1.807) is 36.4 Å². The molecule has 3 aromatic rings. The van der Waals surface area contributed by atoms with Crippen LogP contribution in [0.1, 0.15) is 5.56 Å². The molecule has 0 aliphatic heterocycles. The minimum Gasteiger partial charge on any atom is -0.495 e. The number of amides is 1. The van der Waals surface area contributed by atoms with E-state index >= 15 is 0 Å².